The van der Waals surface area contributed by atoms with Crippen LogP contribution in [0.15, 0.2) is 28.7 Å². The number of halogens is 1. The fourth-order valence-electron chi connectivity index (χ4n) is 1.95. The maximum atomic E-state index is 6.11. The molecule has 2 rings (SSSR count). The zero-order chi connectivity index (χ0) is 13.0. The zero-order valence-electron chi connectivity index (χ0n) is 10.7. The summed E-state index contributed by atoms with van der Waals surface area (Å²) in [5, 5.41) is 5.07. The van der Waals surface area contributed by atoms with Crippen LogP contribution in [-0.2, 0) is 4.74 Å². The van der Waals surface area contributed by atoms with Gasteiger partial charge in [-0.25, -0.2) is 0 Å². The van der Waals surface area contributed by atoms with E-state index in [9.17, 15) is 0 Å². The second kappa shape index (κ2) is 6.23. The van der Waals surface area contributed by atoms with E-state index in [0.717, 1.165) is 29.7 Å². The first-order valence-electron chi connectivity index (χ1n) is 6.16. The number of fused-ring (bicyclic) bond motifs is 1. The molecule has 0 aliphatic rings. The average molecular weight is 268 g/mol. The summed E-state index contributed by atoms with van der Waals surface area (Å²) in [5.41, 5.74) is 0.744. The number of ether oxygens (including phenoxy) is 1. The Bertz CT molecular complexity index is 509. The Hall–Kier alpha value is -1.03. The van der Waals surface area contributed by atoms with E-state index in [4.69, 9.17) is 20.8 Å². The summed E-state index contributed by atoms with van der Waals surface area (Å²) in [6.07, 6.45) is 1.07. The predicted molar refractivity (Wildman–Crippen MR) is 74.1 cm³/mol. The summed E-state index contributed by atoms with van der Waals surface area (Å²) in [7, 11) is 1.69. The first-order valence-corrected chi connectivity index (χ1v) is 6.54. The SMILES string of the molecule is CCCNC(COC)c1cc2cccc(Cl)c2o1. The number of hydrogen-bond donors (Lipinski definition) is 1. The van der Waals surface area contributed by atoms with Gasteiger partial charge in [0.05, 0.1) is 17.7 Å². The van der Waals surface area contributed by atoms with Crippen molar-refractivity contribution in [1.82, 2.24) is 5.32 Å². The summed E-state index contributed by atoms with van der Waals surface area (Å²) >= 11 is 6.11. The lowest BCUT2D eigenvalue weighted by molar-refractivity contribution is 0.158. The highest BCUT2D eigenvalue weighted by Crippen LogP contribution is 2.29. The topological polar surface area (TPSA) is 34.4 Å². The molecule has 4 heteroatoms. The molecule has 18 heavy (non-hydrogen) atoms. The molecular formula is C14H18ClNO2. The summed E-state index contributed by atoms with van der Waals surface area (Å²) in [6, 6.07) is 7.85. The highest BCUT2D eigenvalue weighted by molar-refractivity contribution is 6.34. The Morgan fingerprint density at radius 1 is 1.44 bits per heavy atom. The summed E-state index contributed by atoms with van der Waals surface area (Å²) in [6.45, 7) is 3.64. The standard InChI is InChI=1S/C14H18ClNO2/c1-3-7-16-12(9-17-2)13-8-10-5-4-6-11(15)14(10)18-13/h4-6,8,12,16H,3,7,9H2,1-2H3. The van der Waals surface area contributed by atoms with Crippen molar-refractivity contribution in [2.45, 2.75) is 19.4 Å². The van der Waals surface area contributed by atoms with Crippen LogP contribution in [-0.4, -0.2) is 20.3 Å². The molecule has 1 heterocycles. The van der Waals surface area contributed by atoms with Crippen LogP contribution < -0.4 is 5.32 Å². The largest absolute Gasteiger partial charge is 0.458 e. The number of methoxy groups -OCH3 is 1. The second-order valence-corrected chi connectivity index (χ2v) is 4.68. The second-order valence-electron chi connectivity index (χ2n) is 4.27. The normalized spacial score (nSPS) is 13.1. The summed E-state index contributed by atoms with van der Waals surface area (Å²) in [4.78, 5) is 0. The molecule has 0 spiro atoms. The number of benzene rings is 1. The van der Waals surface area contributed by atoms with Crippen molar-refractivity contribution in [2.75, 3.05) is 20.3 Å². The van der Waals surface area contributed by atoms with Gasteiger partial charge in [0.2, 0.25) is 0 Å². The fourth-order valence-corrected chi connectivity index (χ4v) is 2.17. The number of furan rings is 1. The van der Waals surface area contributed by atoms with Gasteiger partial charge in [-0.1, -0.05) is 30.7 Å². The lowest BCUT2D eigenvalue weighted by atomic mass is 10.2. The van der Waals surface area contributed by atoms with Gasteiger partial charge in [0.1, 0.15) is 5.76 Å². The van der Waals surface area contributed by atoms with Crippen molar-refractivity contribution >= 4 is 22.6 Å². The van der Waals surface area contributed by atoms with Crippen LogP contribution in [0, 0.1) is 0 Å². The molecule has 0 aliphatic heterocycles. The third-order valence-corrected chi connectivity index (χ3v) is 3.13. The fraction of sp³-hybridized carbons (Fsp3) is 0.429. The minimum Gasteiger partial charge on any atom is -0.458 e. The number of nitrogens with one attached hydrogen (secondary N) is 1. The molecule has 0 saturated heterocycles. The van der Waals surface area contributed by atoms with E-state index < -0.39 is 0 Å². The monoisotopic (exact) mass is 267 g/mol. The van der Waals surface area contributed by atoms with E-state index in [0.29, 0.717) is 11.6 Å². The van der Waals surface area contributed by atoms with Crippen LogP contribution in [0.25, 0.3) is 11.0 Å². The van der Waals surface area contributed by atoms with Crippen LogP contribution in [0.4, 0.5) is 0 Å². The van der Waals surface area contributed by atoms with Crippen molar-refractivity contribution < 1.29 is 9.15 Å². The molecule has 3 nitrogen and oxygen atoms in total. The number of para-hydroxylation sites is 1. The molecule has 1 unspecified atom stereocenters. The minimum absolute atomic E-state index is 0.0680. The van der Waals surface area contributed by atoms with Crippen LogP contribution >= 0.6 is 11.6 Å². The molecule has 1 N–H and O–H groups in total. The van der Waals surface area contributed by atoms with Crippen molar-refractivity contribution in [3.05, 3.63) is 35.0 Å². The highest BCUT2D eigenvalue weighted by Gasteiger charge is 2.16. The molecule has 0 aliphatic carbocycles. The quantitative estimate of drug-likeness (QED) is 0.865. The lowest BCUT2D eigenvalue weighted by Crippen LogP contribution is -2.25. The maximum absolute atomic E-state index is 6.11. The number of hydrogen-bond acceptors (Lipinski definition) is 3. The Kier molecular flexibility index (Phi) is 4.64. The Morgan fingerprint density at radius 2 is 2.28 bits per heavy atom. The van der Waals surface area contributed by atoms with E-state index in [-0.39, 0.29) is 6.04 Å². The van der Waals surface area contributed by atoms with Gasteiger partial charge in [0.15, 0.2) is 5.58 Å². The smallest absolute Gasteiger partial charge is 0.152 e. The Balaban J connectivity index is 2.29. The highest BCUT2D eigenvalue weighted by atomic mass is 35.5. The van der Waals surface area contributed by atoms with E-state index in [1.807, 2.05) is 24.3 Å². The third-order valence-electron chi connectivity index (χ3n) is 2.83. The van der Waals surface area contributed by atoms with Gasteiger partial charge in [0, 0.05) is 12.5 Å². The molecule has 2 aromatic rings. The lowest BCUT2D eigenvalue weighted by Gasteiger charge is -2.14. The van der Waals surface area contributed by atoms with Gasteiger partial charge in [-0.3, -0.25) is 0 Å². The van der Waals surface area contributed by atoms with E-state index >= 15 is 0 Å². The van der Waals surface area contributed by atoms with Gasteiger partial charge in [-0.2, -0.15) is 0 Å². The van der Waals surface area contributed by atoms with E-state index in [2.05, 4.69) is 12.2 Å². The molecule has 0 saturated carbocycles. The van der Waals surface area contributed by atoms with Crippen molar-refractivity contribution in [2.24, 2.45) is 0 Å². The summed E-state index contributed by atoms with van der Waals surface area (Å²) in [5.74, 6) is 0.869. The van der Waals surface area contributed by atoms with Crippen molar-refractivity contribution in [3.63, 3.8) is 0 Å². The first-order chi connectivity index (χ1) is 8.76. The predicted octanol–water partition coefficient (Wildman–Crippen LogP) is 3.77. The molecule has 0 bridgehead atoms. The molecule has 1 atom stereocenters. The molecule has 0 radical (unpaired) electrons. The van der Waals surface area contributed by atoms with Gasteiger partial charge >= 0.3 is 0 Å². The van der Waals surface area contributed by atoms with Gasteiger partial charge < -0.3 is 14.5 Å². The molecular weight excluding hydrogens is 250 g/mol. The maximum Gasteiger partial charge on any atom is 0.152 e. The number of rotatable bonds is 6. The van der Waals surface area contributed by atoms with Crippen molar-refractivity contribution in [3.8, 4) is 0 Å². The van der Waals surface area contributed by atoms with E-state index in [1.54, 1.807) is 7.11 Å². The third kappa shape index (κ3) is 2.86. The van der Waals surface area contributed by atoms with Crippen LogP contribution in [0.1, 0.15) is 25.1 Å². The van der Waals surface area contributed by atoms with Gasteiger partial charge in [0.25, 0.3) is 0 Å². The van der Waals surface area contributed by atoms with Gasteiger partial charge in [-0.15, -0.1) is 0 Å². The van der Waals surface area contributed by atoms with Crippen LogP contribution in [0.5, 0.6) is 0 Å². The van der Waals surface area contributed by atoms with Crippen LogP contribution in [0.2, 0.25) is 5.02 Å². The van der Waals surface area contributed by atoms with Crippen molar-refractivity contribution in [1.29, 1.82) is 0 Å². The average Bonchev–Trinajstić information content (AvgIpc) is 2.80. The van der Waals surface area contributed by atoms with Gasteiger partial charge in [-0.05, 0) is 25.1 Å². The van der Waals surface area contributed by atoms with Crippen LogP contribution in [0.3, 0.4) is 0 Å². The molecule has 0 amide bonds. The molecule has 1 aromatic heterocycles. The zero-order valence-corrected chi connectivity index (χ0v) is 11.5. The molecule has 98 valence electrons. The Morgan fingerprint density at radius 3 is 2.94 bits per heavy atom. The minimum atomic E-state index is 0.0680. The van der Waals surface area contributed by atoms with E-state index in [1.165, 1.54) is 0 Å². The first kappa shape index (κ1) is 13.4. The Labute approximate surface area is 112 Å². The summed E-state index contributed by atoms with van der Waals surface area (Å²) < 4.78 is 11.1. The molecule has 1 aromatic carbocycles. The molecule has 0 fully saturated rings.